The van der Waals surface area contributed by atoms with Gasteiger partial charge < -0.3 is 14.7 Å². The first-order valence-electron chi connectivity index (χ1n) is 5.89. The molecule has 1 saturated heterocycles. The molecular formula is C13H16FNO3. The van der Waals surface area contributed by atoms with E-state index in [1.807, 2.05) is 11.8 Å². The van der Waals surface area contributed by atoms with Gasteiger partial charge in [0.1, 0.15) is 12.1 Å². The van der Waals surface area contributed by atoms with Crippen molar-refractivity contribution in [3.05, 3.63) is 29.6 Å². The lowest BCUT2D eigenvalue weighted by molar-refractivity contribution is -0.0103. The summed E-state index contributed by atoms with van der Waals surface area (Å²) in [6.45, 7) is 2.84. The quantitative estimate of drug-likeness (QED) is 0.823. The number of nitrogens with zero attached hydrogens (tertiary/aromatic N) is 1. The zero-order valence-corrected chi connectivity index (χ0v) is 10.2. The number of aliphatic hydroxyl groups excluding tert-OH is 1. The molecule has 1 heterocycles. The number of carbonyl (C=O) groups excluding carboxylic acids is 1. The van der Waals surface area contributed by atoms with Gasteiger partial charge in [-0.1, -0.05) is 0 Å². The molecule has 1 aliphatic heterocycles. The van der Waals surface area contributed by atoms with E-state index < -0.39 is 5.82 Å². The molecule has 0 radical (unpaired) electrons. The molecule has 1 aromatic carbocycles. The fourth-order valence-electron chi connectivity index (χ4n) is 2.12. The number of halogens is 1. The van der Waals surface area contributed by atoms with Gasteiger partial charge in [-0.25, -0.2) is 4.39 Å². The fraction of sp³-hybridized carbons (Fsp3) is 0.462. The zero-order valence-electron chi connectivity index (χ0n) is 10.2. The smallest absolute Gasteiger partial charge is 0.150 e. The van der Waals surface area contributed by atoms with Crippen molar-refractivity contribution in [2.45, 2.75) is 19.1 Å². The predicted octanol–water partition coefficient (Wildman–Crippen LogP) is 1.22. The van der Waals surface area contributed by atoms with Gasteiger partial charge in [-0.2, -0.15) is 0 Å². The van der Waals surface area contributed by atoms with E-state index in [4.69, 9.17) is 9.84 Å². The molecule has 4 nitrogen and oxygen atoms in total. The number of anilines is 1. The standard InChI is InChI=1S/C13H16FNO3/c1-9-8-18-13(7-17)5-15(9)12-3-10(6-16)2-11(14)4-12/h2-4,6,9,13,17H,5,7-8H2,1H3. The molecule has 0 saturated carbocycles. The first-order valence-corrected chi connectivity index (χ1v) is 5.89. The minimum atomic E-state index is -0.436. The summed E-state index contributed by atoms with van der Waals surface area (Å²) < 4.78 is 18.8. The van der Waals surface area contributed by atoms with Crippen LogP contribution in [0.3, 0.4) is 0 Å². The monoisotopic (exact) mass is 253 g/mol. The number of aldehydes is 1. The van der Waals surface area contributed by atoms with Crippen LogP contribution >= 0.6 is 0 Å². The van der Waals surface area contributed by atoms with E-state index in [0.717, 1.165) is 0 Å². The van der Waals surface area contributed by atoms with Crippen LogP contribution < -0.4 is 4.90 Å². The molecule has 1 N–H and O–H groups in total. The highest BCUT2D eigenvalue weighted by molar-refractivity contribution is 5.77. The second kappa shape index (κ2) is 5.46. The molecule has 0 amide bonds. The number of hydrogen-bond acceptors (Lipinski definition) is 4. The van der Waals surface area contributed by atoms with Crippen LogP contribution in [0.4, 0.5) is 10.1 Å². The van der Waals surface area contributed by atoms with Crippen molar-refractivity contribution >= 4 is 12.0 Å². The van der Waals surface area contributed by atoms with Crippen molar-refractivity contribution in [2.24, 2.45) is 0 Å². The van der Waals surface area contributed by atoms with Crippen molar-refractivity contribution in [2.75, 3.05) is 24.7 Å². The van der Waals surface area contributed by atoms with Crippen molar-refractivity contribution in [3.63, 3.8) is 0 Å². The van der Waals surface area contributed by atoms with Gasteiger partial charge in [-0.05, 0) is 25.1 Å². The van der Waals surface area contributed by atoms with E-state index in [1.54, 1.807) is 6.07 Å². The number of ether oxygens (including phenoxy) is 1. The molecule has 2 unspecified atom stereocenters. The molecule has 0 aliphatic carbocycles. The molecule has 0 spiro atoms. The van der Waals surface area contributed by atoms with Crippen LogP contribution in [-0.2, 0) is 4.74 Å². The second-order valence-electron chi connectivity index (χ2n) is 4.50. The minimum absolute atomic E-state index is 0.0704. The number of aliphatic hydroxyl groups is 1. The third-order valence-electron chi connectivity index (χ3n) is 3.08. The van der Waals surface area contributed by atoms with E-state index >= 15 is 0 Å². The van der Waals surface area contributed by atoms with Crippen LogP contribution in [0.25, 0.3) is 0 Å². The SMILES string of the molecule is CC1COC(CO)CN1c1cc(F)cc(C=O)c1. The Kier molecular flexibility index (Phi) is 3.93. The molecule has 0 aromatic heterocycles. The van der Waals surface area contributed by atoms with Crippen molar-refractivity contribution in [1.29, 1.82) is 0 Å². The van der Waals surface area contributed by atoms with Gasteiger partial charge in [-0.3, -0.25) is 4.79 Å². The number of carbonyl (C=O) groups is 1. The normalized spacial score (nSPS) is 24.1. The maximum absolute atomic E-state index is 13.4. The molecule has 18 heavy (non-hydrogen) atoms. The van der Waals surface area contributed by atoms with Crippen molar-refractivity contribution in [1.82, 2.24) is 0 Å². The largest absolute Gasteiger partial charge is 0.394 e. The molecule has 98 valence electrons. The van der Waals surface area contributed by atoms with Crippen LogP contribution in [0, 0.1) is 5.82 Å². The van der Waals surface area contributed by atoms with Gasteiger partial charge in [0.2, 0.25) is 0 Å². The number of rotatable bonds is 3. The molecule has 5 heteroatoms. The second-order valence-corrected chi connectivity index (χ2v) is 4.50. The highest BCUT2D eigenvalue weighted by atomic mass is 19.1. The molecule has 1 aromatic rings. The van der Waals surface area contributed by atoms with Crippen LogP contribution in [0.5, 0.6) is 0 Å². The zero-order chi connectivity index (χ0) is 13.1. The molecule has 1 fully saturated rings. The fourth-order valence-corrected chi connectivity index (χ4v) is 2.12. The summed E-state index contributed by atoms with van der Waals surface area (Å²) in [5.74, 6) is -0.436. The number of benzene rings is 1. The van der Waals surface area contributed by atoms with E-state index in [1.165, 1.54) is 12.1 Å². The van der Waals surface area contributed by atoms with E-state index in [9.17, 15) is 9.18 Å². The van der Waals surface area contributed by atoms with Gasteiger partial charge in [-0.15, -0.1) is 0 Å². The summed E-state index contributed by atoms with van der Waals surface area (Å²) in [5, 5.41) is 9.12. The maximum Gasteiger partial charge on any atom is 0.150 e. The van der Waals surface area contributed by atoms with E-state index in [2.05, 4.69) is 0 Å². The lowest BCUT2D eigenvalue weighted by Crippen LogP contribution is -2.49. The molecule has 0 bridgehead atoms. The third-order valence-corrected chi connectivity index (χ3v) is 3.08. The van der Waals surface area contributed by atoms with Gasteiger partial charge in [0.05, 0.1) is 19.3 Å². The van der Waals surface area contributed by atoms with Crippen LogP contribution in [0.15, 0.2) is 18.2 Å². The molecule has 2 rings (SSSR count). The van der Waals surface area contributed by atoms with Gasteiger partial charge >= 0.3 is 0 Å². The molecular weight excluding hydrogens is 237 g/mol. The summed E-state index contributed by atoms with van der Waals surface area (Å²) in [5.41, 5.74) is 0.954. The average molecular weight is 253 g/mol. The van der Waals surface area contributed by atoms with Gasteiger partial charge in [0, 0.05) is 23.8 Å². The third kappa shape index (κ3) is 2.68. The summed E-state index contributed by atoms with van der Waals surface area (Å²) in [6.07, 6.45) is 0.352. The predicted molar refractivity (Wildman–Crippen MR) is 65.4 cm³/mol. The summed E-state index contributed by atoms with van der Waals surface area (Å²) in [4.78, 5) is 12.7. The Balaban J connectivity index is 2.28. The Morgan fingerprint density at radius 2 is 2.33 bits per heavy atom. The Bertz CT molecular complexity index is 438. The molecule has 1 aliphatic rings. The van der Waals surface area contributed by atoms with Crippen LogP contribution in [-0.4, -0.2) is 43.3 Å². The number of morpholine rings is 1. The lowest BCUT2D eigenvalue weighted by Gasteiger charge is -2.39. The highest BCUT2D eigenvalue weighted by Crippen LogP contribution is 2.23. The highest BCUT2D eigenvalue weighted by Gasteiger charge is 2.26. The van der Waals surface area contributed by atoms with E-state index in [-0.39, 0.29) is 18.8 Å². The maximum atomic E-state index is 13.4. The lowest BCUT2D eigenvalue weighted by atomic mass is 10.1. The van der Waals surface area contributed by atoms with Crippen LogP contribution in [0.1, 0.15) is 17.3 Å². The summed E-state index contributed by atoms with van der Waals surface area (Å²) in [6, 6.07) is 4.31. The van der Waals surface area contributed by atoms with Crippen LogP contribution in [0.2, 0.25) is 0 Å². The first-order chi connectivity index (χ1) is 8.63. The van der Waals surface area contributed by atoms with E-state index in [0.29, 0.717) is 30.7 Å². The molecule has 2 atom stereocenters. The van der Waals surface area contributed by atoms with Gasteiger partial charge in [0.15, 0.2) is 0 Å². The Morgan fingerprint density at radius 1 is 1.56 bits per heavy atom. The minimum Gasteiger partial charge on any atom is -0.394 e. The average Bonchev–Trinajstić information content (AvgIpc) is 2.38. The van der Waals surface area contributed by atoms with Gasteiger partial charge in [0.25, 0.3) is 0 Å². The Morgan fingerprint density at radius 3 is 3.00 bits per heavy atom. The Hall–Kier alpha value is -1.46. The summed E-state index contributed by atoms with van der Waals surface area (Å²) in [7, 11) is 0. The topological polar surface area (TPSA) is 49.8 Å². The number of hydrogen-bond donors (Lipinski definition) is 1. The first kappa shape index (κ1) is 13.0. The van der Waals surface area contributed by atoms with Crippen molar-refractivity contribution < 1.29 is 19.0 Å². The summed E-state index contributed by atoms with van der Waals surface area (Å²) >= 11 is 0. The van der Waals surface area contributed by atoms with Crippen molar-refractivity contribution in [3.8, 4) is 0 Å². The Labute approximate surface area is 105 Å².